The molecule has 1 aliphatic rings. The molecule has 0 aliphatic carbocycles. The van der Waals surface area contributed by atoms with Crippen LogP contribution < -0.4 is 14.2 Å². The minimum atomic E-state index is -4.10. The van der Waals surface area contributed by atoms with Crippen LogP contribution in [0, 0.1) is 0 Å². The molecule has 9 heteroatoms. The molecule has 1 heterocycles. The van der Waals surface area contributed by atoms with E-state index in [1.165, 1.54) is 5.56 Å². The van der Waals surface area contributed by atoms with Crippen molar-refractivity contribution in [3.05, 3.63) is 93.5 Å². The third-order valence-electron chi connectivity index (χ3n) is 5.82. The van der Waals surface area contributed by atoms with Crippen molar-refractivity contribution >= 4 is 37.8 Å². The quantitative estimate of drug-likeness (QED) is 0.480. The second kappa shape index (κ2) is 10.2. The summed E-state index contributed by atoms with van der Waals surface area (Å²) in [6.07, 6.45) is 0.682. The summed E-state index contributed by atoms with van der Waals surface area (Å²) in [6, 6.07) is 20.9. The van der Waals surface area contributed by atoms with Gasteiger partial charge < -0.3 is 14.0 Å². The fourth-order valence-corrected chi connectivity index (χ4v) is 4.74. The molecule has 2 N–H and O–H groups in total. The minimum absolute atomic E-state index is 0.0648. The Balaban J connectivity index is 1.51. The van der Waals surface area contributed by atoms with Gasteiger partial charge in [-0.3, -0.25) is 4.79 Å². The van der Waals surface area contributed by atoms with Gasteiger partial charge in [-0.05, 0) is 72.5 Å². The van der Waals surface area contributed by atoms with Crippen LogP contribution in [0.5, 0.6) is 5.75 Å². The lowest BCUT2D eigenvalue weighted by molar-refractivity contribution is 0.0734. The molecule has 34 heavy (non-hydrogen) atoms. The number of hydrogen-bond donors (Lipinski definition) is 1. The largest absolute Gasteiger partial charge is 0.380 e. The summed E-state index contributed by atoms with van der Waals surface area (Å²) in [4.78, 5) is 17.3. The van der Waals surface area contributed by atoms with Crippen molar-refractivity contribution in [2.45, 2.75) is 26.4 Å². The molecule has 0 aromatic heterocycles. The van der Waals surface area contributed by atoms with E-state index in [-0.39, 0.29) is 11.7 Å². The summed E-state index contributed by atoms with van der Waals surface area (Å²) >= 11 is 3.47. The maximum Gasteiger partial charge on any atom is 0.380 e. The average molecular weight is 544 g/mol. The number of nitrogens with two attached hydrogens (primary N) is 1. The van der Waals surface area contributed by atoms with Gasteiger partial charge in [-0.2, -0.15) is 13.6 Å². The molecule has 3 aromatic rings. The molecule has 0 saturated carbocycles. The molecule has 0 radical (unpaired) electrons. The maximum absolute atomic E-state index is 13.3. The average Bonchev–Trinajstić information content (AvgIpc) is 2.82. The Hall–Kier alpha value is -2.88. The van der Waals surface area contributed by atoms with Crippen molar-refractivity contribution in [1.82, 2.24) is 4.90 Å². The van der Waals surface area contributed by atoms with E-state index in [0.717, 1.165) is 34.4 Å². The van der Waals surface area contributed by atoms with E-state index < -0.39 is 10.3 Å². The summed E-state index contributed by atoms with van der Waals surface area (Å²) in [6.45, 7) is 4.59. The van der Waals surface area contributed by atoms with Gasteiger partial charge in [0.1, 0.15) is 5.75 Å². The van der Waals surface area contributed by atoms with Crippen LogP contribution in [0.1, 0.15) is 34.0 Å². The maximum atomic E-state index is 13.3. The zero-order chi connectivity index (χ0) is 24.3. The summed E-state index contributed by atoms with van der Waals surface area (Å²) in [5, 5.41) is 4.98. The number of benzene rings is 3. The van der Waals surface area contributed by atoms with E-state index >= 15 is 0 Å². The Morgan fingerprint density at radius 3 is 2.56 bits per heavy atom. The Bertz CT molecular complexity index is 1300. The Morgan fingerprint density at radius 1 is 1.09 bits per heavy atom. The Labute approximate surface area is 208 Å². The van der Waals surface area contributed by atoms with E-state index in [0.29, 0.717) is 25.1 Å². The van der Waals surface area contributed by atoms with Gasteiger partial charge in [-0.25, -0.2) is 0 Å². The molecule has 0 unspecified atom stereocenters. The third-order valence-corrected chi connectivity index (χ3v) is 6.77. The predicted octanol–water partition coefficient (Wildman–Crippen LogP) is 4.26. The number of carbonyl (C=O) groups is 1. The number of hydrogen-bond acceptors (Lipinski definition) is 5. The zero-order valence-corrected chi connectivity index (χ0v) is 21.2. The summed E-state index contributed by atoms with van der Waals surface area (Å²) in [7, 11) is -4.10. The lowest BCUT2D eigenvalue weighted by Crippen LogP contribution is -2.36. The Morgan fingerprint density at radius 2 is 1.85 bits per heavy atom. The van der Waals surface area contributed by atoms with E-state index in [1.807, 2.05) is 42.5 Å². The van der Waals surface area contributed by atoms with E-state index in [2.05, 4.69) is 39.9 Å². The molecule has 1 amide bonds. The molecule has 0 saturated heterocycles. The molecule has 0 bridgehead atoms. The van der Waals surface area contributed by atoms with Crippen LogP contribution in [-0.4, -0.2) is 32.3 Å². The standard InChI is InChI=1S/C25H26BrN3O4S/c1-2-28(16-18-6-9-22(26)10-7-18)23-5-3-4-20(14-23)25(30)29-13-12-19-8-11-24(15-21(19)17-29)33-34(27,31)32/h3-11,14-15H,2,12-13,16-17H2,1H3,(H2,27,31,32). The van der Waals surface area contributed by atoms with Crippen LogP contribution >= 0.6 is 15.9 Å². The van der Waals surface area contributed by atoms with Crippen molar-refractivity contribution in [2.75, 3.05) is 18.0 Å². The zero-order valence-electron chi connectivity index (χ0n) is 18.8. The van der Waals surface area contributed by atoms with Crippen molar-refractivity contribution in [3.63, 3.8) is 0 Å². The monoisotopic (exact) mass is 543 g/mol. The normalized spacial score (nSPS) is 13.3. The van der Waals surface area contributed by atoms with Crippen LogP contribution in [0.3, 0.4) is 0 Å². The highest BCUT2D eigenvalue weighted by Gasteiger charge is 2.23. The summed E-state index contributed by atoms with van der Waals surface area (Å²) < 4.78 is 28.3. The van der Waals surface area contributed by atoms with Gasteiger partial charge in [0.2, 0.25) is 0 Å². The molecule has 4 rings (SSSR count). The number of anilines is 1. The summed E-state index contributed by atoms with van der Waals surface area (Å²) in [5.41, 5.74) is 4.70. The molecule has 0 fully saturated rings. The fourth-order valence-electron chi connectivity index (χ4n) is 4.11. The van der Waals surface area contributed by atoms with E-state index in [4.69, 9.17) is 9.32 Å². The van der Waals surface area contributed by atoms with Crippen LogP contribution in [0.2, 0.25) is 0 Å². The topological polar surface area (TPSA) is 92.9 Å². The molecule has 0 atom stereocenters. The lowest BCUT2D eigenvalue weighted by Gasteiger charge is -2.30. The van der Waals surface area contributed by atoms with E-state index in [9.17, 15) is 13.2 Å². The van der Waals surface area contributed by atoms with Crippen LogP contribution in [-0.2, 0) is 29.8 Å². The van der Waals surface area contributed by atoms with E-state index in [1.54, 1.807) is 17.0 Å². The van der Waals surface area contributed by atoms with Crippen LogP contribution in [0.25, 0.3) is 0 Å². The first-order valence-corrected chi connectivity index (χ1v) is 13.2. The second-order valence-corrected chi connectivity index (χ2v) is 10.2. The number of amides is 1. The predicted molar refractivity (Wildman–Crippen MR) is 136 cm³/mol. The number of rotatable bonds is 7. The SMILES string of the molecule is CCN(Cc1ccc(Br)cc1)c1cccc(C(=O)N2CCc3ccc(OS(N)(=O)=O)cc3C2)c1. The highest BCUT2D eigenvalue weighted by Crippen LogP contribution is 2.27. The second-order valence-electron chi connectivity index (χ2n) is 8.17. The van der Waals surface area contributed by atoms with Gasteiger partial charge in [0, 0.05) is 41.9 Å². The van der Waals surface area contributed by atoms with Crippen molar-refractivity contribution in [1.29, 1.82) is 0 Å². The lowest BCUT2D eigenvalue weighted by atomic mass is 9.98. The number of nitrogens with zero attached hydrogens (tertiary/aromatic N) is 2. The molecule has 7 nitrogen and oxygen atoms in total. The third kappa shape index (κ3) is 5.97. The number of fused-ring (bicyclic) bond motifs is 1. The highest BCUT2D eigenvalue weighted by molar-refractivity contribution is 9.10. The van der Waals surface area contributed by atoms with Crippen molar-refractivity contribution < 1.29 is 17.4 Å². The van der Waals surface area contributed by atoms with Crippen LogP contribution in [0.15, 0.2) is 71.2 Å². The first kappa shape index (κ1) is 24.3. The summed E-state index contributed by atoms with van der Waals surface area (Å²) in [5.74, 6) is 0.0778. The van der Waals surface area contributed by atoms with Crippen molar-refractivity contribution in [3.8, 4) is 5.75 Å². The first-order chi connectivity index (χ1) is 16.2. The molecule has 1 aliphatic heterocycles. The molecule has 0 spiro atoms. The van der Waals surface area contributed by atoms with Gasteiger partial charge in [-0.1, -0.05) is 40.2 Å². The van der Waals surface area contributed by atoms with Gasteiger partial charge >= 0.3 is 10.3 Å². The molecular weight excluding hydrogens is 518 g/mol. The number of halogens is 1. The molecular formula is C25H26BrN3O4S. The molecule has 178 valence electrons. The highest BCUT2D eigenvalue weighted by atomic mass is 79.9. The van der Waals surface area contributed by atoms with Gasteiger partial charge in [0.05, 0.1) is 0 Å². The van der Waals surface area contributed by atoms with Gasteiger partial charge in [0.25, 0.3) is 5.91 Å². The van der Waals surface area contributed by atoms with Crippen LogP contribution in [0.4, 0.5) is 5.69 Å². The molecule has 3 aromatic carbocycles. The van der Waals surface area contributed by atoms with Crippen molar-refractivity contribution in [2.24, 2.45) is 5.14 Å². The smallest absolute Gasteiger partial charge is 0.371 e. The minimum Gasteiger partial charge on any atom is -0.371 e. The first-order valence-electron chi connectivity index (χ1n) is 10.9. The van der Waals surface area contributed by atoms with Gasteiger partial charge in [0.15, 0.2) is 0 Å². The van der Waals surface area contributed by atoms with Gasteiger partial charge in [-0.15, -0.1) is 0 Å². The Kier molecular flexibility index (Phi) is 7.25. The number of carbonyl (C=O) groups excluding carboxylic acids is 1. The fraction of sp³-hybridized carbons (Fsp3) is 0.240.